The topological polar surface area (TPSA) is 54.7 Å². The molecule has 3 rings (SSSR count). The predicted molar refractivity (Wildman–Crippen MR) is 80.0 cm³/mol. The van der Waals surface area contributed by atoms with Gasteiger partial charge in [-0.1, -0.05) is 6.07 Å². The summed E-state index contributed by atoms with van der Waals surface area (Å²) in [4.78, 5) is 0. The van der Waals surface area contributed by atoms with Crippen molar-refractivity contribution in [3.05, 3.63) is 71.2 Å². The largest absolute Gasteiger partial charge is 0.343 e. The highest BCUT2D eigenvalue weighted by molar-refractivity contribution is 5.81. The highest BCUT2D eigenvalue weighted by atomic mass is 19.1. The Morgan fingerprint density at radius 3 is 2.76 bits per heavy atom. The third-order valence-electron chi connectivity index (χ3n) is 3.59. The van der Waals surface area contributed by atoms with Crippen LogP contribution in [0.15, 0.2) is 48.7 Å². The van der Waals surface area contributed by atoms with E-state index in [2.05, 4.69) is 0 Å². The second kappa shape index (κ2) is 5.39. The molecule has 0 aliphatic carbocycles. The Balaban J connectivity index is 2.01. The number of halogens is 1. The van der Waals surface area contributed by atoms with E-state index in [0.29, 0.717) is 24.2 Å². The van der Waals surface area contributed by atoms with Gasteiger partial charge < -0.3 is 10.3 Å². The summed E-state index contributed by atoms with van der Waals surface area (Å²) >= 11 is 0. The molecule has 0 fully saturated rings. The maximum Gasteiger partial charge on any atom is 0.128 e. The summed E-state index contributed by atoms with van der Waals surface area (Å²) in [6, 6.07) is 14.4. The van der Waals surface area contributed by atoms with Gasteiger partial charge in [0.25, 0.3) is 0 Å². The number of aromatic nitrogens is 1. The summed E-state index contributed by atoms with van der Waals surface area (Å²) in [6.45, 7) is 0.896. The lowest BCUT2D eigenvalue weighted by atomic mass is 10.1. The smallest absolute Gasteiger partial charge is 0.128 e. The van der Waals surface area contributed by atoms with E-state index in [-0.39, 0.29) is 5.82 Å². The van der Waals surface area contributed by atoms with Gasteiger partial charge in [0.05, 0.1) is 18.2 Å². The van der Waals surface area contributed by atoms with Crippen LogP contribution in [0.3, 0.4) is 0 Å². The van der Waals surface area contributed by atoms with Crippen LogP contribution in [-0.4, -0.2) is 4.57 Å². The van der Waals surface area contributed by atoms with Crippen molar-refractivity contribution >= 4 is 10.9 Å². The van der Waals surface area contributed by atoms with Crippen LogP contribution < -0.4 is 5.73 Å². The number of nitrogens with two attached hydrogens (primary N) is 1. The van der Waals surface area contributed by atoms with Crippen molar-refractivity contribution in [1.82, 2.24) is 4.57 Å². The molecule has 1 aromatic heterocycles. The molecular weight excluding hydrogens is 265 g/mol. The standard InChI is InChI=1S/C17H14FN3/c18-16-3-1-12(9-19)8-15(16)11-21-6-5-14-7-13(10-20)2-4-17(14)21/h1-8H,10-11,20H2. The van der Waals surface area contributed by atoms with E-state index in [1.165, 1.54) is 12.1 Å². The first-order valence-corrected chi connectivity index (χ1v) is 6.67. The Kier molecular flexibility index (Phi) is 3.43. The third-order valence-corrected chi connectivity index (χ3v) is 3.59. The molecule has 0 radical (unpaired) electrons. The monoisotopic (exact) mass is 279 g/mol. The fourth-order valence-corrected chi connectivity index (χ4v) is 2.46. The van der Waals surface area contributed by atoms with Gasteiger partial charge in [0.15, 0.2) is 0 Å². The molecule has 0 aliphatic rings. The number of benzene rings is 2. The number of rotatable bonds is 3. The van der Waals surface area contributed by atoms with Gasteiger partial charge in [-0.2, -0.15) is 5.26 Å². The predicted octanol–water partition coefficient (Wildman–Crippen LogP) is 3.16. The summed E-state index contributed by atoms with van der Waals surface area (Å²) < 4.78 is 15.8. The number of hydrogen-bond donors (Lipinski definition) is 1. The molecule has 0 atom stereocenters. The highest BCUT2D eigenvalue weighted by Crippen LogP contribution is 2.20. The molecule has 0 saturated carbocycles. The minimum atomic E-state index is -0.297. The van der Waals surface area contributed by atoms with Crippen LogP contribution in [-0.2, 0) is 13.1 Å². The Bertz CT molecular complexity index is 843. The average molecular weight is 279 g/mol. The van der Waals surface area contributed by atoms with Crippen LogP contribution in [0.2, 0.25) is 0 Å². The van der Waals surface area contributed by atoms with Crippen LogP contribution >= 0.6 is 0 Å². The van der Waals surface area contributed by atoms with Crippen LogP contribution in [0.25, 0.3) is 10.9 Å². The minimum absolute atomic E-state index is 0.297. The van der Waals surface area contributed by atoms with E-state index in [9.17, 15) is 4.39 Å². The molecule has 3 aromatic rings. The maximum absolute atomic E-state index is 13.9. The number of fused-ring (bicyclic) bond motifs is 1. The molecule has 1 heterocycles. The van der Waals surface area contributed by atoms with Crippen LogP contribution in [0.4, 0.5) is 4.39 Å². The van der Waals surface area contributed by atoms with Gasteiger partial charge in [-0.3, -0.25) is 0 Å². The second-order valence-corrected chi connectivity index (χ2v) is 4.96. The normalized spacial score (nSPS) is 10.7. The van der Waals surface area contributed by atoms with Gasteiger partial charge in [0, 0.05) is 23.8 Å². The molecule has 21 heavy (non-hydrogen) atoms. The van der Waals surface area contributed by atoms with Crippen molar-refractivity contribution in [2.24, 2.45) is 5.73 Å². The van der Waals surface area contributed by atoms with E-state index in [4.69, 9.17) is 11.0 Å². The molecule has 3 nitrogen and oxygen atoms in total. The highest BCUT2D eigenvalue weighted by Gasteiger charge is 2.07. The number of nitrogens with zero attached hydrogens (tertiary/aromatic N) is 2. The lowest BCUT2D eigenvalue weighted by Gasteiger charge is -2.08. The van der Waals surface area contributed by atoms with Crippen molar-refractivity contribution in [3.8, 4) is 6.07 Å². The Labute approximate surface area is 122 Å². The van der Waals surface area contributed by atoms with Crippen molar-refractivity contribution < 1.29 is 4.39 Å². The Morgan fingerprint density at radius 2 is 2.00 bits per heavy atom. The zero-order valence-corrected chi connectivity index (χ0v) is 11.4. The first-order valence-electron chi connectivity index (χ1n) is 6.67. The first-order chi connectivity index (χ1) is 10.2. The summed E-state index contributed by atoms with van der Waals surface area (Å²) in [6.07, 6.45) is 1.92. The summed E-state index contributed by atoms with van der Waals surface area (Å²) in [7, 11) is 0. The molecule has 4 heteroatoms. The van der Waals surface area contributed by atoms with Crippen molar-refractivity contribution in [2.45, 2.75) is 13.1 Å². The Morgan fingerprint density at radius 1 is 1.14 bits per heavy atom. The Hall–Kier alpha value is -2.64. The molecule has 0 unspecified atom stereocenters. The van der Waals surface area contributed by atoms with Crippen LogP contribution in [0.5, 0.6) is 0 Å². The molecule has 0 saturated heterocycles. The van der Waals surface area contributed by atoms with Gasteiger partial charge in [0.2, 0.25) is 0 Å². The van der Waals surface area contributed by atoms with Gasteiger partial charge in [0.1, 0.15) is 5.82 Å². The minimum Gasteiger partial charge on any atom is -0.343 e. The van der Waals surface area contributed by atoms with Crippen molar-refractivity contribution in [1.29, 1.82) is 5.26 Å². The molecule has 104 valence electrons. The van der Waals surface area contributed by atoms with Gasteiger partial charge >= 0.3 is 0 Å². The summed E-state index contributed by atoms with van der Waals surface area (Å²) in [5.41, 5.74) is 8.70. The molecule has 0 aliphatic heterocycles. The van der Waals surface area contributed by atoms with E-state index >= 15 is 0 Å². The summed E-state index contributed by atoms with van der Waals surface area (Å²) in [5, 5.41) is 10.00. The first kappa shape index (κ1) is 13.3. The summed E-state index contributed by atoms with van der Waals surface area (Å²) in [5.74, 6) is -0.297. The quantitative estimate of drug-likeness (QED) is 0.800. The zero-order valence-electron chi connectivity index (χ0n) is 11.4. The maximum atomic E-state index is 13.9. The molecule has 0 spiro atoms. The molecule has 2 aromatic carbocycles. The van der Waals surface area contributed by atoms with E-state index in [1.54, 1.807) is 6.07 Å². The number of nitriles is 1. The fraction of sp³-hybridized carbons (Fsp3) is 0.118. The van der Waals surface area contributed by atoms with Crippen LogP contribution in [0.1, 0.15) is 16.7 Å². The van der Waals surface area contributed by atoms with Crippen molar-refractivity contribution in [3.63, 3.8) is 0 Å². The molecule has 2 N–H and O–H groups in total. The molecule has 0 amide bonds. The zero-order chi connectivity index (χ0) is 14.8. The average Bonchev–Trinajstić information content (AvgIpc) is 2.91. The SMILES string of the molecule is N#Cc1ccc(F)c(Cn2ccc3cc(CN)ccc32)c1. The van der Waals surface area contributed by atoms with E-state index in [1.807, 2.05) is 41.1 Å². The van der Waals surface area contributed by atoms with Crippen molar-refractivity contribution in [2.75, 3.05) is 0 Å². The molecular formula is C17H14FN3. The van der Waals surface area contributed by atoms with Gasteiger partial charge in [-0.05, 0) is 47.3 Å². The second-order valence-electron chi connectivity index (χ2n) is 4.96. The van der Waals surface area contributed by atoms with Gasteiger partial charge in [-0.15, -0.1) is 0 Å². The van der Waals surface area contributed by atoms with Crippen LogP contribution in [0, 0.1) is 17.1 Å². The van der Waals surface area contributed by atoms with E-state index < -0.39 is 0 Å². The number of hydrogen-bond acceptors (Lipinski definition) is 2. The van der Waals surface area contributed by atoms with Gasteiger partial charge in [-0.25, -0.2) is 4.39 Å². The molecule has 0 bridgehead atoms. The van der Waals surface area contributed by atoms with E-state index in [0.717, 1.165) is 16.5 Å². The fourth-order valence-electron chi connectivity index (χ4n) is 2.46. The lowest BCUT2D eigenvalue weighted by molar-refractivity contribution is 0.602. The lowest BCUT2D eigenvalue weighted by Crippen LogP contribution is -2.01. The third kappa shape index (κ3) is 2.51.